The van der Waals surface area contributed by atoms with Crippen molar-refractivity contribution in [3.63, 3.8) is 0 Å². The monoisotopic (exact) mass is 549 g/mol. The predicted molar refractivity (Wildman–Crippen MR) is 121 cm³/mol. The number of quaternary nitrogens is 1. The third-order valence-electron chi connectivity index (χ3n) is 6.41. The Balaban J connectivity index is 1.60. The van der Waals surface area contributed by atoms with Crippen molar-refractivity contribution in [1.29, 1.82) is 0 Å². The number of carbonyl (C=O) groups excluding carboxylic acids is 2. The van der Waals surface area contributed by atoms with Crippen molar-refractivity contribution in [2.75, 3.05) is 32.8 Å². The van der Waals surface area contributed by atoms with Gasteiger partial charge in [-0.1, -0.05) is 0 Å². The molecule has 1 aromatic carbocycles. The molecular weight excluding hydrogens is 516 g/mol. The van der Waals surface area contributed by atoms with Crippen LogP contribution in [0.25, 0.3) is 0 Å². The van der Waals surface area contributed by atoms with E-state index in [9.17, 15) is 45.3 Å². The first-order valence-electron chi connectivity index (χ1n) is 11.7. The quantitative estimate of drug-likeness (QED) is 0.0602. The summed E-state index contributed by atoms with van der Waals surface area (Å²) in [6, 6.07) is 2.93. The zero-order chi connectivity index (χ0) is 28.1. The highest BCUT2D eigenvalue weighted by atomic mass is 16.7. The Bertz CT molecular complexity index is 966. The number of ether oxygens (including phenoxy) is 5. The number of aromatic hydroxyl groups is 1. The molecule has 0 aromatic heterocycles. The summed E-state index contributed by atoms with van der Waals surface area (Å²) < 4.78 is 25.5. The maximum Gasteiger partial charge on any atom is 0.344 e. The second kappa shape index (κ2) is 12.9. The fraction of sp³-hybridized carbons (Fsp3) is 0.636. The molecule has 2 saturated heterocycles. The molecule has 16 nitrogen and oxygen atoms in total. The van der Waals surface area contributed by atoms with Crippen LogP contribution in [0.2, 0.25) is 0 Å². The van der Waals surface area contributed by atoms with Gasteiger partial charge in [-0.15, -0.1) is 0 Å². The Hall–Kier alpha value is -2.64. The molecule has 0 saturated carbocycles. The molecule has 16 heteroatoms. The third kappa shape index (κ3) is 6.49. The van der Waals surface area contributed by atoms with E-state index in [0.29, 0.717) is 0 Å². The van der Waals surface area contributed by atoms with Crippen molar-refractivity contribution in [3.8, 4) is 5.75 Å². The molecule has 2 heterocycles. The average molecular weight is 550 g/mol. The SMILES string of the molecule is C[NH2+]C1[C@H](O)OC(CO)[C@@H](O)[C@H]1CO[C@@H]1OC(C(=O)OCOC(=O)c2cc(N)ccc2O)[C@@H](O)[C@@H](O)C1O. The summed E-state index contributed by atoms with van der Waals surface area (Å²) in [6.07, 6.45) is -13.0. The summed E-state index contributed by atoms with van der Waals surface area (Å²) in [7, 11) is 1.61. The fourth-order valence-corrected chi connectivity index (χ4v) is 4.24. The Morgan fingerprint density at radius 3 is 2.39 bits per heavy atom. The number of carbonyl (C=O) groups is 2. The number of likely N-dealkylation sites (N-methyl/N-ethyl adjacent to an activating group) is 1. The number of hydrogen-bond acceptors (Lipinski definition) is 15. The number of esters is 2. The van der Waals surface area contributed by atoms with Gasteiger partial charge in [0.2, 0.25) is 13.1 Å². The van der Waals surface area contributed by atoms with Gasteiger partial charge in [-0.2, -0.15) is 0 Å². The van der Waals surface area contributed by atoms with Gasteiger partial charge in [0.05, 0.1) is 32.3 Å². The van der Waals surface area contributed by atoms with Gasteiger partial charge < -0.3 is 70.5 Å². The van der Waals surface area contributed by atoms with Crippen LogP contribution in [0.3, 0.4) is 0 Å². The Labute approximate surface area is 216 Å². The molecule has 11 N–H and O–H groups in total. The van der Waals surface area contributed by atoms with Gasteiger partial charge in [0.25, 0.3) is 0 Å². The molecule has 10 atom stereocenters. The molecule has 0 radical (unpaired) electrons. The first-order chi connectivity index (χ1) is 18.0. The van der Waals surface area contributed by atoms with E-state index in [1.807, 2.05) is 0 Å². The van der Waals surface area contributed by atoms with E-state index in [0.717, 1.165) is 6.07 Å². The number of anilines is 1. The van der Waals surface area contributed by atoms with E-state index >= 15 is 0 Å². The summed E-state index contributed by atoms with van der Waals surface area (Å²) in [4.78, 5) is 24.6. The molecule has 0 aliphatic carbocycles. The summed E-state index contributed by atoms with van der Waals surface area (Å²) in [5.74, 6) is -3.60. The predicted octanol–water partition coefficient (Wildman–Crippen LogP) is -5.30. The molecular formula is C22H33N2O14+. The molecule has 1 aromatic rings. The van der Waals surface area contributed by atoms with E-state index < -0.39 is 92.3 Å². The van der Waals surface area contributed by atoms with Crippen LogP contribution in [-0.4, -0.2) is 130 Å². The third-order valence-corrected chi connectivity index (χ3v) is 6.41. The fourth-order valence-electron chi connectivity index (χ4n) is 4.24. The van der Waals surface area contributed by atoms with Crippen LogP contribution in [-0.2, 0) is 28.5 Å². The lowest BCUT2D eigenvalue weighted by atomic mass is 9.88. The largest absolute Gasteiger partial charge is 0.507 e. The minimum atomic E-state index is -1.95. The smallest absolute Gasteiger partial charge is 0.344 e. The lowest BCUT2D eigenvalue weighted by Crippen LogP contribution is -2.93. The maximum absolute atomic E-state index is 12.5. The minimum Gasteiger partial charge on any atom is -0.507 e. The van der Waals surface area contributed by atoms with E-state index in [4.69, 9.17) is 29.4 Å². The van der Waals surface area contributed by atoms with Gasteiger partial charge in [0, 0.05) is 5.69 Å². The van der Waals surface area contributed by atoms with Crippen LogP contribution in [0, 0.1) is 5.92 Å². The molecule has 3 rings (SSSR count). The number of aliphatic hydroxyl groups is 6. The number of nitrogen functional groups attached to an aromatic ring is 1. The second-order valence-corrected chi connectivity index (χ2v) is 8.83. The van der Waals surface area contributed by atoms with Crippen molar-refractivity contribution in [2.45, 2.75) is 55.2 Å². The van der Waals surface area contributed by atoms with E-state index in [1.165, 1.54) is 12.1 Å². The molecule has 2 aliphatic heterocycles. The van der Waals surface area contributed by atoms with Crippen LogP contribution in [0.4, 0.5) is 5.69 Å². The normalized spacial score (nSPS) is 35.4. The molecule has 4 unspecified atom stereocenters. The molecule has 38 heavy (non-hydrogen) atoms. The summed E-state index contributed by atoms with van der Waals surface area (Å²) in [5.41, 5.74) is 5.44. The topological polar surface area (TPSA) is 265 Å². The summed E-state index contributed by atoms with van der Waals surface area (Å²) in [5, 5.41) is 72.1. The van der Waals surface area contributed by atoms with Crippen LogP contribution in [0.1, 0.15) is 10.4 Å². The van der Waals surface area contributed by atoms with Crippen molar-refractivity contribution in [2.24, 2.45) is 5.92 Å². The van der Waals surface area contributed by atoms with Crippen molar-refractivity contribution in [1.82, 2.24) is 0 Å². The number of phenolic OH excluding ortho intramolecular Hbond substituents is 1. The molecule has 0 spiro atoms. The number of rotatable bonds is 9. The van der Waals surface area contributed by atoms with Crippen molar-refractivity contribution >= 4 is 17.6 Å². The maximum atomic E-state index is 12.5. The van der Waals surface area contributed by atoms with E-state index in [2.05, 4.69) is 0 Å². The van der Waals surface area contributed by atoms with Gasteiger partial charge in [-0.3, -0.25) is 0 Å². The van der Waals surface area contributed by atoms with Crippen LogP contribution in [0.15, 0.2) is 18.2 Å². The summed E-state index contributed by atoms with van der Waals surface area (Å²) in [6.45, 7) is -1.92. The second-order valence-electron chi connectivity index (χ2n) is 8.83. The minimum absolute atomic E-state index is 0.168. The van der Waals surface area contributed by atoms with Gasteiger partial charge >= 0.3 is 11.9 Å². The Morgan fingerprint density at radius 1 is 1.03 bits per heavy atom. The zero-order valence-electron chi connectivity index (χ0n) is 20.3. The Kier molecular flexibility index (Phi) is 10.2. The van der Waals surface area contributed by atoms with Crippen molar-refractivity contribution < 1.29 is 74.3 Å². The summed E-state index contributed by atoms with van der Waals surface area (Å²) >= 11 is 0. The standard InChI is InChI=1S/C22H32N2O14/c1-24-13-10(14(27)12(5-25)37-20(13)32)6-34-22-17(30)15(28)16(29)18(38-22)21(33)36-7-35-19(31)9-4-8(23)2-3-11(9)26/h2-4,10,12-18,20,22,24-30,32H,5-7,23H2,1H3/p+1/t10-,12?,13?,14-,15+,16-,17?,18?,20+,22+/m0/s1. The van der Waals surface area contributed by atoms with Gasteiger partial charge in [-0.25, -0.2) is 9.59 Å². The first-order valence-corrected chi connectivity index (χ1v) is 11.7. The highest BCUT2D eigenvalue weighted by Gasteiger charge is 2.50. The molecule has 2 aliphatic rings. The number of nitrogens with two attached hydrogens (primary N) is 2. The highest BCUT2D eigenvalue weighted by Crippen LogP contribution is 2.28. The molecule has 214 valence electrons. The lowest BCUT2D eigenvalue weighted by Gasteiger charge is -2.42. The van der Waals surface area contributed by atoms with E-state index in [-0.39, 0.29) is 17.9 Å². The lowest BCUT2D eigenvalue weighted by molar-refractivity contribution is -0.694. The van der Waals surface area contributed by atoms with Gasteiger partial charge in [0.15, 0.2) is 12.4 Å². The highest BCUT2D eigenvalue weighted by molar-refractivity contribution is 5.93. The van der Waals surface area contributed by atoms with Gasteiger partial charge in [0.1, 0.15) is 41.8 Å². The molecule has 0 bridgehead atoms. The molecule has 2 fully saturated rings. The average Bonchev–Trinajstić information content (AvgIpc) is 2.89. The van der Waals surface area contributed by atoms with E-state index in [1.54, 1.807) is 12.4 Å². The Morgan fingerprint density at radius 2 is 1.74 bits per heavy atom. The van der Waals surface area contributed by atoms with Crippen LogP contribution in [0.5, 0.6) is 5.75 Å². The van der Waals surface area contributed by atoms with Crippen molar-refractivity contribution in [3.05, 3.63) is 23.8 Å². The zero-order valence-corrected chi connectivity index (χ0v) is 20.3. The number of benzene rings is 1. The van der Waals surface area contributed by atoms with Crippen LogP contribution < -0.4 is 11.1 Å². The number of aliphatic hydroxyl groups excluding tert-OH is 6. The van der Waals surface area contributed by atoms with Gasteiger partial charge in [-0.05, 0) is 18.2 Å². The number of hydrogen-bond donors (Lipinski definition) is 9. The van der Waals surface area contributed by atoms with Crippen LogP contribution >= 0.6 is 0 Å². The number of phenols is 1. The first kappa shape index (κ1) is 29.9. The molecule has 0 amide bonds.